The average Bonchev–Trinajstić information content (AvgIpc) is 2.55. The van der Waals surface area contributed by atoms with Gasteiger partial charge in [-0.1, -0.05) is 6.07 Å². The van der Waals surface area contributed by atoms with Crippen molar-refractivity contribution in [1.29, 1.82) is 0 Å². The largest absolute Gasteiger partial charge is 0.339 e. The highest BCUT2D eigenvalue weighted by molar-refractivity contribution is 5.29. The Morgan fingerprint density at radius 3 is 2.86 bits per heavy atom. The Bertz CT molecular complexity index is 555. The molecular weight excluding hydrogens is 262 g/mol. The molecule has 0 aromatic carbocycles. The lowest BCUT2D eigenvalue weighted by atomic mass is 10.1. The molecule has 0 amide bonds. The van der Waals surface area contributed by atoms with Crippen molar-refractivity contribution >= 4 is 5.95 Å². The van der Waals surface area contributed by atoms with E-state index >= 15 is 0 Å². The Balaban J connectivity index is 1.55. The van der Waals surface area contributed by atoms with Gasteiger partial charge in [0.1, 0.15) is 0 Å². The summed E-state index contributed by atoms with van der Waals surface area (Å²) in [5.41, 5.74) is 2.29. The van der Waals surface area contributed by atoms with Crippen LogP contribution in [-0.2, 0) is 6.54 Å². The third kappa shape index (κ3) is 3.76. The standard InChI is InChI=1S/C16H21N5/c1-13-5-6-14(10-19-13)11-20-15-4-2-9-21(12-15)16-17-7-3-8-18-16/h3,5-8,10,15,20H,2,4,9,11-12H2,1H3. The summed E-state index contributed by atoms with van der Waals surface area (Å²) in [5.74, 6) is 0.834. The van der Waals surface area contributed by atoms with E-state index in [0.717, 1.165) is 31.3 Å². The van der Waals surface area contributed by atoms with E-state index in [-0.39, 0.29) is 0 Å². The number of nitrogens with zero attached hydrogens (tertiary/aromatic N) is 4. The first-order valence-corrected chi connectivity index (χ1v) is 7.48. The van der Waals surface area contributed by atoms with Crippen LogP contribution in [0.2, 0.25) is 0 Å². The average molecular weight is 283 g/mol. The smallest absolute Gasteiger partial charge is 0.225 e. The fraction of sp³-hybridized carbons (Fsp3) is 0.438. The molecule has 0 radical (unpaired) electrons. The fourth-order valence-electron chi connectivity index (χ4n) is 2.65. The van der Waals surface area contributed by atoms with Crippen LogP contribution in [0, 0.1) is 6.92 Å². The molecule has 2 aromatic heterocycles. The van der Waals surface area contributed by atoms with Crippen molar-refractivity contribution < 1.29 is 0 Å². The topological polar surface area (TPSA) is 53.9 Å². The molecule has 21 heavy (non-hydrogen) atoms. The molecule has 1 atom stereocenters. The number of aryl methyl sites for hydroxylation is 1. The molecule has 0 aliphatic carbocycles. The molecule has 1 fully saturated rings. The Morgan fingerprint density at radius 2 is 2.10 bits per heavy atom. The summed E-state index contributed by atoms with van der Waals surface area (Å²) in [4.78, 5) is 15.3. The Kier molecular flexibility index (Phi) is 4.40. The highest BCUT2D eigenvalue weighted by Gasteiger charge is 2.21. The molecule has 3 rings (SSSR count). The van der Waals surface area contributed by atoms with Crippen LogP contribution in [0.25, 0.3) is 0 Å². The molecule has 1 N–H and O–H groups in total. The SMILES string of the molecule is Cc1ccc(CNC2CCCN(c3ncccn3)C2)cn1. The molecule has 0 bridgehead atoms. The van der Waals surface area contributed by atoms with Gasteiger partial charge in [-0.3, -0.25) is 4.98 Å². The minimum absolute atomic E-state index is 0.476. The van der Waals surface area contributed by atoms with Gasteiger partial charge in [0.05, 0.1) is 0 Å². The van der Waals surface area contributed by atoms with Crippen molar-refractivity contribution in [2.45, 2.75) is 32.4 Å². The van der Waals surface area contributed by atoms with Crippen molar-refractivity contribution in [3.63, 3.8) is 0 Å². The van der Waals surface area contributed by atoms with Crippen LogP contribution in [0.15, 0.2) is 36.8 Å². The van der Waals surface area contributed by atoms with Gasteiger partial charge in [-0.2, -0.15) is 0 Å². The summed E-state index contributed by atoms with van der Waals surface area (Å²) in [5, 5.41) is 3.62. The van der Waals surface area contributed by atoms with Crippen molar-refractivity contribution in [2.75, 3.05) is 18.0 Å². The van der Waals surface area contributed by atoms with Gasteiger partial charge in [-0.25, -0.2) is 9.97 Å². The van der Waals surface area contributed by atoms with E-state index in [1.165, 1.54) is 18.4 Å². The Labute approximate surface area is 125 Å². The second kappa shape index (κ2) is 6.63. The molecule has 1 aliphatic rings. The van der Waals surface area contributed by atoms with Gasteiger partial charge in [0.2, 0.25) is 5.95 Å². The summed E-state index contributed by atoms with van der Waals surface area (Å²) in [6.45, 7) is 4.87. The van der Waals surface area contributed by atoms with Gasteiger partial charge < -0.3 is 10.2 Å². The lowest BCUT2D eigenvalue weighted by molar-refractivity contribution is 0.418. The van der Waals surface area contributed by atoms with Crippen LogP contribution in [-0.4, -0.2) is 34.1 Å². The van der Waals surface area contributed by atoms with Crippen molar-refractivity contribution in [3.8, 4) is 0 Å². The van der Waals surface area contributed by atoms with Crippen LogP contribution in [0.4, 0.5) is 5.95 Å². The normalized spacial score (nSPS) is 18.7. The van der Waals surface area contributed by atoms with Gasteiger partial charge >= 0.3 is 0 Å². The van der Waals surface area contributed by atoms with Crippen LogP contribution < -0.4 is 10.2 Å². The number of anilines is 1. The molecule has 0 saturated carbocycles. The van der Waals surface area contributed by atoms with Crippen LogP contribution in [0.1, 0.15) is 24.1 Å². The summed E-state index contributed by atoms with van der Waals surface area (Å²) >= 11 is 0. The predicted molar refractivity (Wildman–Crippen MR) is 83.1 cm³/mol. The minimum atomic E-state index is 0.476. The maximum Gasteiger partial charge on any atom is 0.225 e. The molecule has 2 aromatic rings. The summed E-state index contributed by atoms with van der Waals surface area (Å²) in [7, 11) is 0. The van der Waals surface area contributed by atoms with E-state index in [0.29, 0.717) is 6.04 Å². The zero-order valence-corrected chi connectivity index (χ0v) is 12.4. The molecule has 5 nitrogen and oxygen atoms in total. The summed E-state index contributed by atoms with van der Waals surface area (Å²) < 4.78 is 0. The van der Waals surface area contributed by atoms with Crippen molar-refractivity contribution in [2.24, 2.45) is 0 Å². The van der Waals surface area contributed by atoms with Crippen molar-refractivity contribution in [1.82, 2.24) is 20.3 Å². The summed E-state index contributed by atoms with van der Waals surface area (Å²) in [6, 6.07) is 6.52. The Morgan fingerprint density at radius 1 is 1.24 bits per heavy atom. The molecule has 0 spiro atoms. The first-order valence-electron chi connectivity index (χ1n) is 7.48. The molecule has 3 heterocycles. The van der Waals surface area contributed by atoms with E-state index in [1.54, 1.807) is 12.4 Å². The number of hydrogen-bond acceptors (Lipinski definition) is 5. The van der Waals surface area contributed by atoms with Gasteiger partial charge in [0, 0.05) is 50.0 Å². The fourth-order valence-corrected chi connectivity index (χ4v) is 2.65. The van der Waals surface area contributed by atoms with Gasteiger partial charge in [0.25, 0.3) is 0 Å². The summed E-state index contributed by atoms with van der Waals surface area (Å²) in [6.07, 6.45) is 7.92. The third-order valence-electron chi connectivity index (χ3n) is 3.82. The highest BCUT2D eigenvalue weighted by Crippen LogP contribution is 2.15. The number of aromatic nitrogens is 3. The van der Waals surface area contributed by atoms with E-state index in [1.807, 2.05) is 19.2 Å². The lowest BCUT2D eigenvalue weighted by Crippen LogP contribution is -2.46. The zero-order valence-electron chi connectivity index (χ0n) is 12.4. The molecule has 5 heteroatoms. The van der Waals surface area contributed by atoms with Crippen LogP contribution in [0.5, 0.6) is 0 Å². The molecule has 1 saturated heterocycles. The van der Waals surface area contributed by atoms with Crippen LogP contribution in [0.3, 0.4) is 0 Å². The lowest BCUT2D eigenvalue weighted by Gasteiger charge is -2.33. The van der Waals surface area contributed by atoms with Crippen LogP contribution >= 0.6 is 0 Å². The highest BCUT2D eigenvalue weighted by atomic mass is 15.3. The number of rotatable bonds is 4. The Hall–Kier alpha value is -2.01. The quantitative estimate of drug-likeness (QED) is 0.929. The molecular formula is C16H21N5. The zero-order chi connectivity index (χ0) is 14.5. The number of pyridine rings is 1. The van der Waals surface area contributed by atoms with Gasteiger partial charge in [-0.05, 0) is 37.5 Å². The van der Waals surface area contributed by atoms with E-state index < -0.39 is 0 Å². The number of piperidine rings is 1. The third-order valence-corrected chi connectivity index (χ3v) is 3.82. The van der Waals surface area contributed by atoms with E-state index in [4.69, 9.17) is 0 Å². The monoisotopic (exact) mass is 283 g/mol. The second-order valence-electron chi connectivity index (χ2n) is 5.52. The van der Waals surface area contributed by atoms with Crippen molar-refractivity contribution in [3.05, 3.63) is 48.0 Å². The van der Waals surface area contributed by atoms with Gasteiger partial charge in [0.15, 0.2) is 0 Å². The predicted octanol–water partition coefficient (Wildman–Crippen LogP) is 1.94. The second-order valence-corrected chi connectivity index (χ2v) is 5.52. The molecule has 110 valence electrons. The van der Waals surface area contributed by atoms with E-state index in [9.17, 15) is 0 Å². The number of hydrogen-bond donors (Lipinski definition) is 1. The maximum atomic E-state index is 4.34. The minimum Gasteiger partial charge on any atom is -0.339 e. The van der Waals surface area contributed by atoms with E-state index in [2.05, 4.69) is 37.3 Å². The molecule has 1 aliphatic heterocycles. The first kappa shape index (κ1) is 13.9. The first-order chi connectivity index (χ1) is 10.3. The number of nitrogens with one attached hydrogen (secondary N) is 1. The molecule has 1 unspecified atom stereocenters. The maximum absolute atomic E-state index is 4.34. The van der Waals surface area contributed by atoms with Gasteiger partial charge in [-0.15, -0.1) is 0 Å².